The van der Waals surface area contributed by atoms with Crippen molar-refractivity contribution in [1.29, 1.82) is 0 Å². The van der Waals surface area contributed by atoms with Crippen LogP contribution in [-0.2, 0) is 41.6 Å². The summed E-state index contributed by atoms with van der Waals surface area (Å²) in [6.45, 7) is 10.4. The number of H-pyrrole nitrogens is 2. The molecule has 0 unspecified atom stereocenters. The van der Waals surface area contributed by atoms with Crippen molar-refractivity contribution in [2.75, 3.05) is 0 Å². The van der Waals surface area contributed by atoms with E-state index in [9.17, 15) is 28.8 Å². The van der Waals surface area contributed by atoms with E-state index >= 15 is 0 Å². The maximum Gasteiger partial charge on any atom is 0.224 e. The third kappa shape index (κ3) is 19.3. The Morgan fingerprint density at radius 3 is 1.65 bits per heavy atom. The molecular formula is C42H69N7O6. The molecule has 3 amide bonds. The number of carbonyl (C=O) groups is 6. The number of aromatic nitrogens is 4. The number of aromatic amines is 2. The summed E-state index contributed by atoms with van der Waals surface area (Å²) in [4.78, 5) is 92.6. The van der Waals surface area contributed by atoms with E-state index in [1.54, 1.807) is 40.1 Å². The van der Waals surface area contributed by atoms with Gasteiger partial charge in [0.25, 0.3) is 0 Å². The van der Waals surface area contributed by atoms with Gasteiger partial charge in [-0.1, -0.05) is 105 Å². The Kier molecular flexibility index (Phi) is 22.7. The van der Waals surface area contributed by atoms with Crippen LogP contribution >= 0.6 is 0 Å². The summed E-state index contributed by atoms with van der Waals surface area (Å²) in [6, 6.07) is -2.47. The van der Waals surface area contributed by atoms with Crippen molar-refractivity contribution in [3.63, 3.8) is 0 Å². The van der Waals surface area contributed by atoms with Gasteiger partial charge in [-0.25, -0.2) is 9.97 Å². The van der Waals surface area contributed by atoms with Crippen molar-refractivity contribution >= 4 is 35.1 Å². The Bertz CT molecular complexity index is 1430. The van der Waals surface area contributed by atoms with E-state index < -0.39 is 41.8 Å². The number of imidazole rings is 2. The molecule has 0 spiro atoms. The van der Waals surface area contributed by atoms with Gasteiger partial charge in [-0.2, -0.15) is 0 Å². The molecular weight excluding hydrogens is 699 g/mol. The van der Waals surface area contributed by atoms with Crippen LogP contribution in [0.2, 0.25) is 0 Å². The fourth-order valence-corrected chi connectivity index (χ4v) is 6.60. The quantitative estimate of drug-likeness (QED) is 0.0552. The van der Waals surface area contributed by atoms with Gasteiger partial charge in [-0.3, -0.25) is 28.8 Å². The number of unbranched alkanes of at least 4 members (excludes halogenated alkanes) is 12. The predicted octanol–water partition coefficient (Wildman–Crippen LogP) is 6.29. The zero-order valence-corrected chi connectivity index (χ0v) is 34.3. The van der Waals surface area contributed by atoms with Gasteiger partial charge < -0.3 is 25.9 Å². The summed E-state index contributed by atoms with van der Waals surface area (Å²) < 4.78 is 0. The van der Waals surface area contributed by atoms with Crippen LogP contribution in [0.3, 0.4) is 0 Å². The van der Waals surface area contributed by atoms with Crippen LogP contribution < -0.4 is 16.0 Å². The Morgan fingerprint density at radius 1 is 0.636 bits per heavy atom. The van der Waals surface area contributed by atoms with Crippen molar-refractivity contribution in [2.45, 2.75) is 175 Å². The van der Waals surface area contributed by atoms with E-state index in [4.69, 9.17) is 0 Å². The number of ketones is 3. The van der Waals surface area contributed by atoms with Crippen molar-refractivity contribution in [2.24, 2.45) is 17.8 Å². The Hall–Kier alpha value is -4.16. The van der Waals surface area contributed by atoms with Crippen LogP contribution in [0, 0.1) is 17.8 Å². The fourth-order valence-electron chi connectivity index (χ4n) is 6.60. The maximum atomic E-state index is 13.7. The molecule has 0 aliphatic heterocycles. The van der Waals surface area contributed by atoms with Crippen molar-refractivity contribution < 1.29 is 28.8 Å². The molecule has 5 atom stereocenters. The maximum absolute atomic E-state index is 13.7. The SMILES string of the molecule is CCCCCCCCCCCCCCCC(=O)N[C@@H](Cc1cnc[nH]1)C(=O)C[C@@H](C)C(=O)N[C@H](C(=O)C[C@@H](Cc1cnc[nH]1)C(=O)N[C@@H](C)C(C)=O)C(C)C. The normalized spacial score (nSPS) is 14.1. The zero-order valence-electron chi connectivity index (χ0n) is 34.3. The van der Waals surface area contributed by atoms with Crippen LogP contribution in [0.1, 0.15) is 156 Å². The topological polar surface area (TPSA) is 196 Å². The predicted molar refractivity (Wildman–Crippen MR) is 214 cm³/mol. The van der Waals surface area contributed by atoms with Gasteiger partial charge in [0, 0.05) is 61.8 Å². The molecule has 308 valence electrons. The van der Waals surface area contributed by atoms with Crippen LogP contribution in [0.5, 0.6) is 0 Å². The largest absolute Gasteiger partial charge is 0.348 e. The number of hydrogen-bond acceptors (Lipinski definition) is 8. The molecule has 0 aliphatic rings. The first-order valence-electron chi connectivity index (χ1n) is 20.7. The van der Waals surface area contributed by atoms with Gasteiger partial charge in [0.15, 0.2) is 17.3 Å². The summed E-state index contributed by atoms with van der Waals surface area (Å²) in [6.07, 6.45) is 22.3. The number of nitrogens with zero attached hydrogens (tertiary/aromatic N) is 2. The van der Waals surface area contributed by atoms with Crippen molar-refractivity contribution in [3.8, 4) is 0 Å². The van der Waals surface area contributed by atoms with Gasteiger partial charge in [-0.05, 0) is 26.2 Å². The standard InChI is InChI=1S/C42H69N7O6/c1-7-8-9-10-11-12-13-14-15-16-17-18-19-20-39(53)48-36(24-35-26-44-28-46-35)37(51)21-30(4)41(54)49-40(29(2)3)38(52)23-33(22-34-25-43-27-45-34)42(55)47-31(5)32(6)50/h25-31,33,36,40H,7-24H2,1-6H3,(H,43,45)(H,44,46)(H,47,55)(H,48,53)(H,49,54)/t30-,31+,33-,36+,40+/m1/s1. The lowest BCUT2D eigenvalue weighted by atomic mass is 9.88. The van der Waals surface area contributed by atoms with Crippen LogP contribution in [0.4, 0.5) is 0 Å². The first-order chi connectivity index (χ1) is 26.3. The summed E-state index contributed by atoms with van der Waals surface area (Å²) in [5, 5.41) is 8.41. The number of amides is 3. The van der Waals surface area contributed by atoms with Gasteiger partial charge in [0.2, 0.25) is 17.7 Å². The molecule has 0 bridgehead atoms. The zero-order chi connectivity index (χ0) is 40.6. The Morgan fingerprint density at radius 2 is 1.16 bits per heavy atom. The minimum absolute atomic E-state index is 0.142. The molecule has 2 aromatic heterocycles. The number of hydrogen-bond donors (Lipinski definition) is 5. The molecule has 13 nitrogen and oxygen atoms in total. The smallest absolute Gasteiger partial charge is 0.224 e. The number of nitrogens with one attached hydrogen (secondary N) is 5. The van der Waals surface area contributed by atoms with E-state index in [0.29, 0.717) is 17.8 Å². The molecule has 2 aromatic rings. The van der Waals surface area contributed by atoms with Gasteiger partial charge in [-0.15, -0.1) is 0 Å². The van der Waals surface area contributed by atoms with E-state index in [-0.39, 0.29) is 54.9 Å². The first kappa shape index (κ1) is 47.0. The second-order valence-electron chi connectivity index (χ2n) is 15.7. The van der Waals surface area contributed by atoms with Crippen LogP contribution in [0.25, 0.3) is 0 Å². The fraction of sp³-hybridized carbons (Fsp3) is 0.714. The van der Waals surface area contributed by atoms with Crippen LogP contribution in [-0.4, -0.2) is 73.1 Å². The lowest BCUT2D eigenvalue weighted by molar-refractivity contribution is -0.135. The molecule has 5 N–H and O–H groups in total. The molecule has 2 rings (SSSR count). The number of Topliss-reactive ketones (excluding diaryl/α,β-unsaturated/α-hetero) is 3. The highest BCUT2D eigenvalue weighted by molar-refractivity contribution is 5.96. The van der Waals surface area contributed by atoms with E-state index in [1.165, 1.54) is 83.8 Å². The minimum atomic E-state index is -0.909. The first-order valence-corrected chi connectivity index (χ1v) is 20.7. The number of rotatable bonds is 31. The monoisotopic (exact) mass is 768 g/mol. The van der Waals surface area contributed by atoms with E-state index in [1.807, 2.05) is 0 Å². The van der Waals surface area contributed by atoms with Gasteiger partial charge >= 0.3 is 0 Å². The second kappa shape index (κ2) is 26.6. The average Bonchev–Trinajstić information content (AvgIpc) is 3.86. The number of carbonyl (C=O) groups excluding carboxylic acids is 6. The second-order valence-corrected chi connectivity index (χ2v) is 15.7. The molecule has 55 heavy (non-hydrogen) atoms. The Labute approximate surface area is 328 Å². The molecule has 0 aromatic carbocycles. The molecule has 13 heteroatoms. The molecule has 0 saturated carbocycles. The highest BCUT2D eigenvalue weighted by Crippen LogP contribution is 2.18. The molecule has 0 saturated heterocycles. The lowest BCUT2D eigenvalue weighted by Gasteiger charge is -2.26. The third-order valence-corrected chi connectivity index (χ3v) is 10.3. The summed E-state index contributed by atoms with van der Waals surface area (Å²) in [5.41, 5.74) is 1.34. The molecule has 0 fully saturated rings. The Balaban J connectivity index is 1.91. The van der Waals surface area contributed by atoms with E-state index in [2.05, 4.69) is 42.8 Å². The highest BCUT2D eigenvalue weighted by atomic mass is 16.2. The van der Waals surface area contributed by atoms with Crippen molar-refractivity contribution in [3.05, 3.63) is 36.4 Å². The molecule has 0 aliphatic carbocycles. The average molecular weight is 768 g/mol. The van der Waals surface area contributed by atoms with Gasteiger partial charge in [0.1, 0.15) is 0 Å². The summed E-state index contributed by atoms with van der Waals surface area (Å²) in [7, 11) is 0. The van der Waals surface area contributed by atoms with E-state index in [0.717, 1.165) is 19.3 Å². The molecule has 0 radical (unpaired) electrons. The summed E-state index contributed by atoms with van der Waals surface area (Å²) >= 11 is 0. The van der Waals surface area contributed by atoms with Crippen LogP contribution in [0.15, 0.2) is 25.0 Å². The molecule has 2 heterocycles. The minimum Gasteiger partial charge on any atom is -0.348 e. The van der Waals surface area contributed by atoms with Crippen molar-refractivity contribution in [1.82, 2.24) is 35.9 Å². The van der Waals surface area contributed by atoms with Gasteiger partial charge in [0.05, 0.1) is 36.7 Å². The highest BCUT2D eigenvalue weighted by Gasteiger charge is 2.33. The third-order valence-electron chi connectivity index (χ3n) is 10.3. The summed E-state index contributed by atoms with van der Waals surface area (Å²) in [5.74, 6) is -3.86. The lowest BCUT2D eigenvalue weighted by Crippen LogP contribution is -2.49.